The standard InChI is InChI=1S/C11H17F3N2O2/c1-8-9(2)18-10(16-8)6-15-4-3-5-17-7-11(12,13)14/h15H,3-7H2,1-2H3. The third-order valence-corrected chi connectivity index (χ3v) is 2.26. The van der Waals surface area contributed by atoms with Crippen LogP contribution in [0.4, 0.5) is 13.2 Å². The summed E-state index contributed by atoms with van der Waals surface area (Å²) in [7, 11) is 0. The number of rotatable bonds is 7. The first-order chi connectivity index (χ1) is 8.38. The fraction of sp³-hybridized carbons (Fsp3) is 0.727. The normalized spacial score (nSPS) is 12.1. The van der Waals surface area contributed by atoms with Gasteiger partial charge in [0.25, 0.3) is 0 Å². The van der Waals surface area contributed by atoms with Crippen LogP contribution in [0.5, 0.6) is 0 Å². The topological polar surface area (TPSA) is 47.3 Å². The van der Waals surface area contributed by atoms with E-state index in [0.717, 1.165) is 11.5 Å². The van der Waals surface area contributed by atoms with Crippen molar-refractivity contribution in [2.75, 3.05) is 19.8 Å². The second-order valence-electron chi connectivity index (χ2n) is 3.95. The Kier molecular flexibility index (Phi) is 5.61. The first-order valence-corrected chi connectivity index (χ1v) is 5.66. The average molecular weight is 266 g/mol. The van der Waals surface area contributed by atoms with E-state index in [1.165, 1.54) is 0 Å². The van der Waals surface area contributed by atoms with Crippen molar-refractivity contribution >= 4 is 0 Å². The number of nitrogens with one attached hydrogen (secondary N) is 1. The lowest BCUT2D eigenvalue weighted by Crippen LogP contribution is -2.20. The van der Waals surface area contributed by atoms with E-state index in [9.17, 15) is 13.2 Å². The fourth-order valence-electron chi connectivity index (χ4n) is 1.30. The van der Waals surface area contributed by atoms with Gasteiger partial charge in [-0.1, -0.05) is 0 Å². The molecule has 0 amide bonds. The van der Waals surface area contributed by atoms with Crippen LogP contribution in [0.3, 0.4) is 0 Å². The van der Waals surface area contributed by atoms with Gasteiger partial charge in [0.05, 0.1) is 12.2 Å². The van der Waals surface area contributed by atoms with Gasteiger partial charge in [-0.3, -0.25) is 0 Å². The molecule has 0 spiro atoms. The molecule has 0 atom stereocenters. The quantitative estimate of drug-likeness (QED) is 0.770. The summed E-state index contributed by atoms with van der Waals surface area (Å²) in [6.07, 6.45) is -3.74. The molecule has 0 radical (unpaired) electrons. The molecule has 0 aromatic carbocycles. The minimum absolute atomic E-state index is 0.0795. The van der Waals surface area contributed by atoms with Crippen LogP contribution in [0.2, 0.25) is 0 Å². The minimum atomic E-state index is -4.25. The second kappa shape index (κ2) is 6.75. The van der Waals surface area contributed by atoms with Crippen LogP contribution >= 0.6 is 0 Å². The van der Waals surface area contributed by atoms with Crippen LogP contribution in [0.15, 0.2) is 4.42 Å². The highest BCUT2D eigenvalue weighted by molar-refractivity contribution is 5.04. The van der Waals surface area contributed by atoms with Gasteiger partial charge in [-0.05, 0) is 26.8 Å². The van der Waals surface area contributed by atoms with Crippen LogP contribution < -0.4 is 5.32 Å². The Morgan fingerprint density at radius 3 is 2.61 bits per heavy atom. The van der Waals surface area contributed by atoms with Crippen molar-refractivity contribution < 1.29 is 22.3 Å². The first kappa shape index (κ1) is 15.0. The molecule has 0 bridgehead atoms. The number of aryl methyl sites for hydroxylation is 2. The zero-order chi connectivity index (χ0) is 13.6. The van der Waals surface area contributed by atoms with Crippen LogP contribution in [0.25, 0.3) is 0 Å². The summed E-state index contributed by atoms with van der Waals surface area (Å²) in [6.45, 7) is 3.59. The Labute approximate surface area is 104 Å². The van der Waals surface area contributed by atoms with Crippen molar-refractivity contribution in [3.8, 4) is 0 Å². The predicted molar refractivity (Wildman–Crippen MR) is 59.2 cm³/mol. The summed E-state index contributed by atoms with van der Waals surface area (Å²) in [4.78, 5) is 4.17. The van der Waals surface area contributed by atoms with E-state index in [0.29, 0.717) is 25.4 Å². The van der Waals surface area contributed by atoms with Gasteiger partial charge in [-0.15, -0.1) is 0 Å². The summed E-state index contributed by atoms with van der Waals surface area (Å²) in [5.74, 6) is 1.36. The maximum absolute atomic E-state index is 11.7. The number of hydrogen-bond donors (Lipinski definition) is 1. The average Bonchev–Trinajstić information content (AvgIpc) is 2.55. The maximum Gasteiger partial charge on any atom is 0.411 e. The summed E-state index contributed by atoms with van der Waals surface area (Å²) in [6, 6.07) is 0. The zero-order valence-corrected chi connectivity index (χ0v) is 10.4. The van der Waals surface area contributed by atoms with Crippen LogP contribution in [0.1, 0.15) is 23.8 Å². The highest BCUT2D eigenvalue weighted by Gasteiger charge is 2.27. The van der Waals surface area contributed by atoms with Crippen molar-refractivity contribution in [1.29, 1.82) is 0 Å². The van der Waals surface area contributed by atoms with E-state index in [4.69, 9.17) is 4.42 Å². The molecular weight excluding hydrogens is 249 g/mol. The lowest BCUT2D eigenvalue weighted by molar-refractivity contribution is -0.173. The molecule has 1 N–H and O–H groups in total. The molecular formula is C11H17F3N2O2. The molecule has 7 heteroatoms. The molecule has 0 saturated heterocycles. The monoisotopic (exact) mass is 266 g/mol. The van der Waals surface area contributed by atoms with Crippen molar-refractivity contribution in [2.24, 2.45) is 0 Å². The Balaban J connectivity index is 2.02. The molecule has 1 heterocycles. The van der Waals surface area contributed by atoms with E-state index >= 15 is 0 Å². The van der Waals surface area contributed by atoms with Gasteiger partial charge in [0.15, 0.2) is 0 Å². The fourth-order valence-corrected chi connectivity index (χ4v) is 1.30. The predicted octanol–water partition coefficient (Wildman–Crippen LogP) is 2.35. The van der Waals surface area contributed by atoms with Gasteiger partial charge < -0.3 is 14.5 Å². The first-order valence-electron chi connectivity index (χ1n) is 5.66. The van der Waals surface area contributed by atoms with Crippen LogP contribution in [0, 0.1) is 13.8 Å². The van der Waals surface area contributed by atoms with Crippen molar-refractivity contribution in [2.45, 2.75) is 33.0 Å². The van der Waals surface area contributed by atoms with Crippen molar-refractivity contribution in [3.63, 3.8) is 0 Å². The summed E-state index contributed by atoms with van der Waals surface area (Å²) < 4.78 is 45.0. The van der Waals surface area contributed by atoms with Crippen molar-refractivity contribution in [1.82, 2.24) is 10.3 Å². The van der Waals surface area contributed by atoms with Crippen LogP contribution in [-0.2, 0) is 11.3 Å². The molecule has 0 aliphatic rings. The van der Waals surface area contributed by atoms with E-state index in [1.807, 2.05) is 13.8 Å². The Hall–Kier alpha value is -1.08. The second-order valence-corrected chi connectivity index (χ2v) is 3.95. The summed E-state index contributed by atoms with van der Waals surface area (Å²) >= 11 is 0. The number of nitrogens with zero attached hydrogens (tertiary/aromatic N) is 1. The van der Waals surface area contributed by atoms with Gasteiger partial charge in [-0.25, -0.2) is 4.98 Å². The van der Waals surface area contributed by atoms with Gasteiger partial charge in [0.1, 0.15) is 12.4 Å². The van der Waals surface area contributed by atoms with Gasteiger partial charge in [0, 0.05) is 6.61 Å². The smallest absolute Gasteiger partial charge is 0.411 e. The van der Waals surface area contributed by atoms with Crippen LogP contribution in [-0.4, -0.2) is 30.9 Å². The third kappa shape index (κ3) is 6.02. The van der Waals surface area contributed by atoms with E-state index in [2.05, 4.69) is 15.0 Å². The molecule has 0 saturated carbocycles. The van der Waals surface area contributed by atoms with E-state index < -0.39 is 12.8 Å². The lowest BCUT2D eigenvalue weighted by atomic mass is 10.4. The molecule has 18 heavy (non-hydrogen) atoms. The largest absolute Gasteiger partial charge is 0.444 e. The van der Waals surface area contributed by atoms with Gasteiger partial charge in [0.2, 0.25) is 5.89 Å². The Morgan fingerprint density at radius 2 is 2.06 bits per heavy atom. The lowest BCUT2D eigenvalue weighted by Gasteiger charge is -2.07. The minimum Gasteiger partial charge on any atom is -0.444 e. The highest BCUT2D eigenvalue weighted by Crippen LogP contribution is 2.14. The van der Waals surface area contributed by atoms with Gasteiger partial charge >= 0.3 is 6.18 Å². The zero-order valence-electron chi connectivity index (χ0n) is 10.4. The Bertz CT molecular complexity index is 344. The van der Waals surface area contributed by atoms with E-state index in [1.54, 1.807) is 0 Å². The number of halogens is 3. The highest BCUT2D eigenvalue weighted by atomic mass is 19.4. The molecule has 1 aromatic rings. The SMILES string of the molecule is Cc1nc(CNCCCOCC(F)(F)F)oc1C. The maximum atomic E-state index is 11.7. The summed E-state index contributed by atoms with van der Waals surface area (Å²) in [5, 5.41) is 3.02. The molecule has 104 valence electrons. The van der Waals surface area contributed by atoms with Crippen molar-refractivity contribution in [3.05, 3.63) is 17.3 Å². The van der Waals surface area contributed by atoms with Gasteiger partial charge in [-0.2, -0.15) is 13.2 Å². The molecule has 1 aromatic heterocycles. The Morgan fingerprint density at radius 1 is 1.33 bits per heavy atom. The van der Waals surface area contributed by atoms with E-state index in [-0.39, 0.29) is 6.61 Å². The number of aromatic nitrogens is 1. The molecule has 0 aliphatic carbocycles. The number of alkyl halides is 3. The number of ether oxygens (including phenoxy) is 1. The molecule has 0 aliphatic heterocycles. The number of oxazole rings is 1. The third-order valence-electron chi connectivity index (χ3n) is 2.26. The molecule has 1 rings (SSSR count). The molecule has 4 nitrogen and oxygen atoms in total. The molecule has 0 fully saturated rings. The number of hydrogen-bond acceptors (Lipinski definition) is 4. The molecule has 0 unspecified atom stereocenters. The summed E-state index contributed by atoms with van der Waals surface area (Å²) in [5.41, 5.74) is 0.848.